The predicted octanol–water partition coefficient (Wildman–Crippen LogP) is 3.83. The molecule has 0 aliphatic rings. The lowest BCUT2D eigenvalue weighted by atomic mass is 10.1. The lowest BCUT2D eigenvalue weighted by Crippen LogP contribution is -2.08. The average Bonchev–Trinajstić information content (AvgIpc) is 2.73. The molecule has 1 aromatic carbocycles. The topological polar surface area (TPSA) is 125 Å². The van der Waals surface area contributed by atoms with Crippen LogP contribution in [0.25, 0.3) is 0 Å². The highest BCUT2D eigenvalue weighted by Crippen LogP contribution is 2.29. The van der Waals surface area contributed by atoms with Gasteiger partial charge in [-0.25, -0.2) is 18.4 Å². The fraction of sp³-hybridized carbons (Fsp3) is 0.143. The van der Waals surface area contributed by atoms with Crippen molar-refractivity contribution in [3.05, 3.63) is 66.0 Å². The Labute approximate surface area is 174 Å². The molecular formula is C21H19N5O3S. The maximum atomic E-state index is 12.4. The van der Waals surface area contributed by atoms with Crippen LogP contribution < -0.4 is 10.6 Å². The molecule has 152 valence electrons. The van der Waals surface area contributed by atoms with Crippen molar-refractivity contribution in [1.82, 2.24) is 9.97 Å². The number of nitriles is 1. The molecule has 2 N–H and O–H groups in total. The Kier molecular flexibility index (Phi) is 6.09. The molecule has 0 amide bonds. The second kappa shape index (κ2) is 8.71. The van der Waals surface area contributed by atoms with Crippen LogP contribution in [0.4, 0.5) is 23.0 Å². The number of anilines is 4. The molecule has 2 heterocycles. The summed E-state index contributed by atoms with van der Waals surface area (Å²) in [6.45, 7) is 1.74. The van der Waals surface area contributed by atoms with Gasteiger partial charge in [0.05, 0.1) is 21.8 Å². The summed E-state index contributed by atoms with van der Waals surface area (Å²) in [6.07, 6.45) is 2.81. The summed E-state index contributed by atoms with van der Waals surface area (Å²) in [4.78, 5) is 20.9. The average molecular weight is 421 g/mol. The Bertz CT molecular complexity index is 1250. The Balaban J connectivity index is 2.03. The fourth-order valence-corrected chi connectivity index (χ4v) is 3.62. The van der Waals surface area contributed by atoms with Crippen LogP contribution in [0.1, 0.15) is 29.4 Å². The number of aromatic nitrogens is 2. The maximum Gasteiger partial charge on any atom is 0.177 e. The summed E-state index contributed by atoms with van der Waals surface area (Å²) in [6, 6.07) is 15.0. The summed E-state index contributed by atoms with van der Waals surface area (Å²) in [7, 11) is -3.48. The van der Waals surface area contributed by atoms with Gasteiger partial charge in [0.1, 0.15) is 23.4 Å². The molecule has 0 saturated carbocycles. The van der Waals surface area contributed by atoms with E-state index in [1.165, 1.54) is 12.3 Å². The smallest absolute Gasteiger partial charge is 0.177 e. The van der Waals surface area contributed by atoms with Crippen LogP contribution in [0.15, 0.2) is 59.6 Å². The lowest BCUT2D eigenvalue weighted by molar-refractivity contribution is 0.0988. The molecule has 0 spiro atoms. The quantitative estimate of drug-likeness (QED) is 0.551. The summed E-state index contributed by atoms with van der Waals surface area (Å²) in [5.41, 5.74) is 1.35. The van der Waals surface area contributed by atoms with Gasteiger partial charge in [-0.1, -0.05) is 25.1 Å². The molecule has 0 radical (unpaired) electrons. The zero-order chi connectivity index (χ0) is 21.7. The zero-order valence-electron chi connectivity index (χ0n) is 16.4. The molecule has 9 heteroatoms. The number of nitrogens with one attached hydrogen (secondary N) is 2. The van der Waals surface area contributed by atoms with E-state index < -0.39 is 9.84 Å². The second-order valence-electron chi connectivity index (χ2n) is 6.43. The van der Waals surface area contributed by atoms with Crippen molar-refractivity contribution in [2.75, 3.05) is 16.9 Å². The number of rotatable bonds is 7. The van der Waals surface area contributed by atoms with E-state index in [0.717, 1.165) is 6.26 Å². The van der Waals surface area contributed by atoms with Crippen molar-refractivity contribution in [3.8, 4) is 6.07 Å². The maximum absolute atomic E-state index is 12.4. The highest BCUT2D eigenvalue weighted by molar-refractivity contribution is 7.90. The third kappa shape index (κ3) is 4.79. The standard InChI is InChI=1S/C21H19N5O3S/c1-3-18(27)15-13-23-21(26-20-10-6-7-14(12-22)24-20)11-17(15)25-16-8-4-5-9-19(16)30(2,28)29/h4-11,13H,3H2,1-2H3,(H2,23,24,25,26). The number of hydrogen-bond acceptors (Lipinski definition) is 8. The number of hydrogen-bond donors (Lipinski definition) is 2. The first-order valence-electron chi connectivity index (χ1n) is 9.05. The fourth-order valence-electron chi connectivity index (χ4n) is 2.78. The molecule has 0 bridgehead atoms. The highest BCUT2D eigenvalue weighted by Gasteiger charge is 2.17. The summed E-state index contributed by atoms with van der Waals surface area (Å²) < 4.78 is 24.2. The minimum absolute atomic E-state index is 0.120. The number of benzene rings is 1. The molecule has 0 aliphatic heterocycles. The van der Waals surface area contributed by atoms with Gasteiger partial charge in [-0.3, -0.25) is 4.79 Å². The van der Waals surface area contributed by atoms with Crippen LogP contribution in [0, 0.1) is 11.3 Å². The SMILES string of the molecule is CCC(=O)c1cnc(Nc2cccc(C#N)n2)cc1Nc1ccccc1S(C)(=O)=O. The summed E-state index contributed by atoms with van der Waals surface area (Å²) in [5.74, 6) is 0.654. The third-order valence-electron chi connectivity index (χ3n) is 4.20. The minimum atomic E-state index is -3.48. The first-order valence-corrected chi connectivity index (χ1v) is 10.9. The van der Waals surface area contributed by atoms with Crippen molar-refractivity contribution >= 4 is 38.6 Å². The van der Waals surface area contributed by atoms with Crippen molar-refractivity contribution in [2.24, 2.45) is 0 Å². The first kappa shape index (κ1) is 21.0. The van der Waals surface area contributed by atoms with E-state index in [9.17, 15) is 13.2 Å². The zero-order valence-corrected chi connectivity index (χ0v) is 17.2. The van der Waals surface area contributed by atoms with Gasteiger partial charge in [0.2, 0.25) is 0 Å². The van der Waals surface area contributed by atoms with E-state index in [-0.39, 0.29) is 22.8 Å². The van der Waals surface area contributed by atoms with E-state index in [1.807, 2.05) is 6.07 Å². The van der Waals surface area contributed by atoms with Crippen LogP contribution in [0.3, 0.4) is 0 Å². The van der Waals surface area contributed by atoms with Gasteiger partial charge in [0, 0.05) is 24.9 Å². The van der Waals surface area contributed by atoms with E-state index in [1.54, 1.807) is 49.4 Å². The molecule has 3 rings (SSSR count). The first-order chi connectivity index (χ1) is 14.3. The normalized spacial score (nSPS) is 10.8. The third-order valence-corrected chi connectivity index (χ3v) is 5.36. The molecular weight excluding hydrogens is 402 g/mol. The summed E-state index contributed by atoms with van der Waals surface area (Å²) in [5, 5.41) is 15.0. The van der Waals surface area contributed by atoms with E-state index in [2.05, 4.69) is 20.6 Å². The van der Waals surface area contributed by atoms with Gasteiger partial charge in [0.15, 0.2) is 15.6 Å². The van der Waals surface area contributed by atoms with Crippen LogP contribution in [-0.4, -0.2) is 30.4 Å². The Morgan fingerprint density at radius 3 is 2.53 bits per heavy atom. The van der Waals surface area contributed by atoms with E-state index in [4.69, 9.17) is 5.26 Å². The number of pyridine rings is 2. The van der Waals surface area contributed by atoms with Crippen molar-refractivity contribution < 1.29 is 13.2 Å². The molecule has 2 aromatic heterocycles. The summed E-state index contributed by atoms with van der Waals surface area (Å²) >= 11 is 0. The molecule has 3 aromatic rings. The number of Topliss-reactive ketones (excluding diaryl/α,β-unsaturated/α-hetero) is 1. The second-order valence-corrected chi connectivity index (χ2v) is 8.41. The van der Waals surface area contributed by atoms with Crippen LogP contribution in [0.2, 0.25) is 0 Å². The number of carbonyl (C=O) groups is 1. The van der Waals surface area contributed by atoms with E-state index in [0.29, 0.717) is 28.6 Å². The number of para-hydroxylation sites is 1. The molecule has 0 fully saturated rings. The molecule has 8 nitrogen and oxygen atoms in total. The van der Waals surface area contributed by atoms with E-state index >= 15 is 0 Å². The Morgan fingerprint density at radius 1 is 1.07 bits per heavy atom. The van der Waals surface area contributed by atoms with Gasteiger partial charge in [0.25, 0.3) is 0 Å². The van der Waals surface area contributed by atoms with Gasteiger partial charge < -0.3 is 10.6 Å². The van der Waals surface area contributed by atoms with Gasteiger partial charge in [-0.2, -0.15) is 5.26 Å². The van der Waals surface area contributed by atoms with Crippen molar-refractivity contribution in [3.63, 3.8) is 0 Å². The number of carbonyl (C=O) groups excluding carboxylic acids is 1. The molecule has 0 saturated heterocycles. The largest absolute Gasteiger partial charge is 0.354 e. The Hall–Kier alpha value is -3.77. The number of ketones is 1. The predicted molar refractivity (Wildman–Crippen MR) is 114 cm³/mol. The lowest BCUT2D eigenvalue weighted by Gasteiger charge is -2.15. The van der Waals surface area contributed by atoms with Gasteiger partial charge in [-0.15, -0.1) is 0 Å². The monoisotopic (exact) mass is 421 g/mol. The highest BCUT2D eigenvalue weighted by atomic mass is 32.2. The van der Waals surface area contributed by atoms with Crippen LogP contribution >= 0.6 is 0 Å². The molecule has 0 unspecified atom stereocenters. The number of sulfone groups is 1. The number of nitrogens with zero attached hydrogens (tertiary/aromatic N) is 3. The van der Waals surface area contributed by atoms with Crippen molar-refractivity contribution in [2.45, 2.75) is 18.2 Å². The van der Waals surface area contributed by atoms with Crippen LogP contribution in [0.5, 0.6) is 0 Å². The Morgan fingerprint density at radius 2 is 1.83 bits per heavy atom. The molecule has 0 aliphatic carbocycles. The molecule has 30 heavy (non-hydrogen) atoms. The minimum Gasteiger partial charge on any atom is -0.354 e. The molecule has 0 atom stereocenters. The van der Waals surface area contributed by atoms with Gasteiger partial charge >= 0.3 is 0 Å². The van der Waals surface area contributed by atoms with Crippen LogP contribution in [-0.2, 0) is 9.84 Å². The van der Waals surface area contributed by atoms with Gasteiger partial charge in [-0.05, 0) is 24.3 Å². The van der Waals surface area contributed by atoms with Crippen molar-refractivity contribution in [1.29, 1.82) is 5.26 Å².